The summed E-state index contributed by atoms with van der Waals surface area (Å²) in [5.41, 5.74) is 2.70. The first-order chi connectivity index (χ1) is 10.2. The first-order valence-corrected chi connectivity index (χ1v) is 7.62. The minimum Gasteiger partial charge on any atom is -0.336 e. The van der Waals surface area contributed by atoms with E-state index >= 15 is 0 Å². The molecule has 2 rings (SSSR count). The zero-order valence-corrected chi connectivity index (χ0v) is 14.0. The highest BCUT2D eigenvalue weighted by atomic mass is 16.2. The quantitative estimate of drug-likeness (QED) is 0.882. The first kappa shape index (κ1) is 16.3. The topological polar surface area (TPSA) is 61.4 Å². The molecule has 1 unspecified atom stereocenters. The lowest BCUT2D eigenvalue weighted by atomic mass is 10.1. The fourth-order valence-electron chi connectivity index (χ4n) is 2.67. The van der Waals surface area contributed by atoms with Crippen LogP contribution in [0.25, 0.3) is 0 Å². The number of hydrogen-bond acceptors (Lipinski definition) is 2. The Kier molecular flexibility index (Phi) is 4.44. The lowest BCUT2D eigenvalue weighted by Gasteiger charge is -2.32. The number of hydrogen-bond donors (Lipinski definition) is 2. The van der Waals surface area contributed by atoms with Crippen molar-refractivity contribution >= 4 is 17.6 Å². The van der Waals surface area contributed by atoms with Gasteiger partial charge < -0.3 is 15.5 Å². The van der Waals surface area contributed by atoms with Gasteiger partial charge in [-0.2, -0.15) is 0 Å². The van der Waals surface area contributed by atoms with Crippen molar-refractivity contribution in [3.05, 3.63) is 29.3 Å². The van der Waals surface area contributed by atoms with E-state index in [0.717, 1.165) is 16.8 Å². The van der Waals surface area contributed by atoms with Crippen molar-refractivity contribution in [2.24, 2.45) is 0 Å². The van der Waals surface area contributed by atoms with Gasteiger partial charge in [-0.05, 0) is 51.8 Å². The molecule has 1 saturated heterocycles. The summed E-state index contributed by atoms with van der Waals surface area (Å²) in [4.78, 5) is 26.0. The summed E-state index contributed by atoms with van der Waals surface area (Å²) in [6.45, 7) is 10.5. The number of anilines is 1. The summed E-state index contributed by atoms with van der Waals surface area (Å²) in [7, 11) is 0. The summed E-state index contributed by atoms with van der Waals surface area (Å²) >= 11 is 0. The molecule has 1 atom stereocenters. The van der Waals surface area contributed by atoms with Crippen LogP contribution in [0.15, 0.2) is 18.2 Å². The number of aryl methyl sites for hydroxylation is 2. The van der Waals surface area contributed by atoms with Gasteiger partial charge in [0.05, 0.1) is 6.04 Å². The Labute approximate surface area is 132 Å². The van der Waals surface area contributed by atoms with Gasteiger partial charge in [0.25, 0.3) is 0 Å². The van der Waals surface area contributed by atoms with E-state index in [2.05, 4.69) is 10.6 Å². The molecule has 1 aromatic carbocycles. The third-order valence-electron chi connectivity index (χ3n) is 3.91. The molecule has 1 heterocycles. The Morgan fingerprint density at radius 2 is 1.95 bits per heavy atom. The second-order valence-electron chi connectivity index (χ2n) is 6.99. The molecule has 22 heavy (non-hydrogen) atoms. The van der Waals surface area contributed by atoms with Crippen molar-refractivity contribution < 1.29 is 9.59 Å². The van der Waals surface area contributed by atoms with Crippen molar-refractivity contribution in [1.82, 2.24) is 10.2 Å². The Morgan fingerprint density at radius 1 is 1.27 bits per heavy atom. The second kappa shape index (κ2) is 5.99. The lowest BCUT2D eigenvalue weighted by Crippen LogP contribution is -2.45. The fourth-order valence-corrected chi connectivity index (χ4v) is 2.67. The third kappa shape index (κ3) is 3.78. The summed E-state index contributed by atoms with van der Waals surface area (Å²) in [6.07, 6.45) is 0.359. The van der Waals surface area contributed by atoms with Gasteiger partial charge in [0.1, 0.15) is 0 Å². The van der Waals surface area contributed by atoms with Crippen LogP contribution in [0.5, 0.6) is 0 Å². The molecule has 120 valence electrons. The maximum atomic E-state index is 12.1. The van der Waals surface area contributed by atoms with Gasteiger partial charge in [-0.25, -0.2) is 4.79 Å². The predicted molar refractivity (Wildman–Crippen MR) is 87.9 cm³/mol. The van der Waals surface area contributed by atoms with Gasteiger partial charge in [0.2, 0.25) is 5.91 Å². The summed E-state index contributed by atoms with van der Waals surface area (Å²) in [5.74, 6) is 0.0875. The van der Waals surface area contributed by atoms with E-state index < -0.39 is 0 Å². The minimum atomic E-state index is -0.262. The number of benzene rings is 1. The van der Waals surface area contributed by atoms with Crippen LogP contribution in [0.1, 0.15) is 38.3 Å². The molecule has 0 saturated carbocycles. The van der Waals surface area contributed by atoms with Crippen LogP contribution in [0.2, 0.25) is 0 Å². The molecule has 1 fully saturated rings. The molecule has 1 aliphatic heterocycles. The monoisotopic (exact) mass is 303 g/mol. The van der Waals surface area contributed by atoms with Crippen LogP contribution < -0.4 is 10.6 Å². The standard InChI is InChI=1S/C17H25N3O2/c1-11-6-7-12(2)14(8-11)19-16(22)18-13-9-15(21)20(10-13)17(3,4)5/h6-8,13H,9-10H2,1-5H3,(H2,18,19,22). The predicted octanol–water partition coefficient (Wildman–Crippen LogP) is 2.82. The normalized spacial score (nSPS) is 18.5. The molecule has 3 amide bonds. The summed E-state index contributed by atoms with van der Waals surface area (Å²) in [5, 5.41) is 5.76. The van der Waals surface area contributed by atoms with E-state index in [1.165, 1.54) is 0 Å². The van der Waals surface area contributed by atoms with E-state index in [4.69, 9.17) is 0 Å². The third-order valence-corrected chi connectivity index (χ3v) is 3.91. The lowest BCUT2D eigenvalue weighted by molar-refractivity contribution is -0.131. The minimum absolute atomic E-state index is 0.0875. The van der Waals surface area contributed by atoms with Gasteiger partial charge in [0.15, 0.2) is 0 Å². The van der Waals surface area contributed by atoms with E-state index in [1.54, 1.807) is 0 Å². The molecule has 0 spiro atoms. The summed E-state index contributed by atoms with van der Waals surface area (Å²) < 4.78 is 0. The van der Waals surface area contributed by atoms with Crippen LogP contribution in [-0.2, 0) is 4.79 Å². The largest absolute Gasteiger partial charge is 0.336 e. The van der Waals surface area contributed by atoms with Crippen LogP contribution in [0, 0.1) is 13.8 Å². The van der Waals surface area contributed by atoms with Gasteiger partial charge in [0, 0.05) is 24.2 Å². The molecule has 0 bridgehead atoms. The zero-order valence-electron chi connectivity index (χ0n) is 14.0. The van der Waals surface area contributed by atoms with Gasteiger partial charge in [-0.15, -0.1) is 0 Å². The number of amides is 3. The number of rotatable bonds is 2. The zero-order chi connectivity index (χ0) is 16.5. The Hall–Kier alpha value is -2.04. The number of carbonyl (C=O) groups excluding carboxylic acids is 2. The highest BCUT2D eigenvalue weighted by molar-refractivity contribution is 5.91. The van der Waals surface area contributed by atoms with Crippen molar-refractivity contribution in [2.75, 3.05) is 11.9 Å². The molecule has 0 radical (unpaired) electrons. The average molecular weight is 303 g/mol. The SMILES string of the molecule is Cc1ccc(C)c(NC(=O)NC2CC(=O)N(C(C)(C)C)C2)c1. The highest BCUT2D eigenvalue weighted by Crippen LogP contribution is 2.22. The molecule has 0 aliphatic carbocycles. The highest BCUT2D eigenvalue weighted by Gasteiger charge is 2.36. The molecule has 5 heteroatoms. The molecule has 5 nitrogen and oxygen atoms in total. The summed E-state index contributed by atoms with van der Waals surface area (Å²) in [6, 6.07) is 5.52. The molecular formula is C17H25N3O2. The Morgan fingerprint density at radius 3 is 2.55 bits per heavy atom. The maximum absolute atomic E-state index is 12.1. The van der Waals surface area contributed by atoms with Gasteiger partial charge >= 0.3 is 6.03 Å². The van der Waals surface area contributed by atoms with Crippen molar-refractivity contribution in [1.29, 1.82) is 0 Å². The molecule has 1 aliphatic rings. The first-order valence-electron chi connectivity index (χ1n) is 7.62. The molecule has 1 aromatic rings. The molecule has 0 aromatic heterocycles. The van der Waals surface area contributed by atoms with Crippen LogP contribution in [0.3, 0.4) is 0 Å². The van der Waals surface area contributed by atoms with Crippen molar-refractivity contribution in [2.45, 2.75) is 52.6 Å². The Bertz CT molecular complexity index is 590. The number of carbonyl (C=O) groups is 2. The van der Waals surface area contributed by atoms with E-state index in [1.807, 2.05) is 57.7 Å². The van der Waals surface area contributed by atoms with E-state index in [9.17, 15) is 9.59 Å². The van der Waals surface area contributed by atoms with Crippen molar-refractivity contribution in [3.8, 4) is 0 Å². The number of nitrogens with one attached hydrogen (secondary N) is 2. The fraction of sp³-hybridized carbons (Fsp3) is 0.529. The number of likely N-dealkylation sites (tertiary alicyclic amines) is 1. The molecule has 2 N–H and O–H groups in total. The number of urea groups is 1. The van der Waals surface area contributed by atoms with Crippen LogP contribution in [0.4, 0.5) is 10.5 Å². The van der Waals surface area contributed by atoms with Gasteiger partial charge in [-0.3, -0.25) is 4.79 Å². The molecular weight excluding hydrogens is 278 g/mol. The Balaban J connectivity index is 1.96. The van der Waals surface area contributed by atoms with Gasteiger partial charge in [-0.1, -0.05) is 12.1 Å². The number of nitrogens with zero attached hydrogens (tertiary/aromatic N) is 1. The van der Waals surface area contributed by atoms with Crippen LogP contribution in [-0.4, -0.2) is 35.0 Å². The average Bonchev–Trinajstić information content (AvgIpc) is 2.74. The van der Waals surface area contributed by atoms with Crippen LogP contribution >= 0.6 is 0 Å². The van der Waals surface area contributed by atoms with Crippen molar-refractivity contribution in [3.63, 3.8) is 0 Å². The maximum Gasteiger partial charge on any atom is 0.319 e. The van der Waals surface area contributed by atoms with E-state index in [-0.39, 0.29) is 23.5 Å². The second-order valence-corrected chi connectivity index (χ2v) is 6.99. The van der Waals surface area contributed by atoms with E-state index in [0.29, 0.717) is 13.0 Å². The smallest absolute Gasteiger partial charge is 0.319 e.